The molecule has 0 saturated carbocycles. The average molecular weight is 474 g/mol. The van der Waals surface area contributed by atoms with Crippen LogP contribution in [-0.4, -0.2) is 28.2 Å². The summed E-state index contributed by atoms with van der Waals surface area (Å²) < 4.78 is 12.8. The summed E-state index contributed by atoms with van der Waals surface area (Å²) in [5.74, 6) is -0.618. The van der Waals surface area contributed by atoms with Gasteiger partial charge in [-0.3, -0.25) is 4.79 Å². The summed E-state index contributed by atoms with van der Waals surface area (Å²) in [6, 6.07) is 13.0. The number of nitrogens with one attached hydrogen (secondary N) is 2. The van der Waals surface area contributed by atoms with Gasteiger partial charge in [-0.25, -0.2) is 9.78 Å². The van der Waals surface area contributed by atoms with Crippen LogP contribution in [0.3, 0.4) is 0 Å². The number of ether oxygens (including phenoxy) is 1. The predicted octanol–water partition coefficient (Wildman–Crippen LogP) is 4.25. The molecule has 0 radical (unpaired) electrons. The molecule has 0 saturated heterocycles. The molecule has 1 amide bonds. The number of nitrogens with zero attached hydrogens (tertiary/aromatic N) is 1. The van der Waals surface area contributed by atoms with Gasteiger partial charge in [0, 0.05) is 17.2 Å². The third-order valence-corrected chi connectivity index (χ3v) is 7.34. The van der Waals surface area contributed by atoms with E-state index in [-0.39, 0.29) is 29.2 Å². The van der Waals surface area contributed by atoms with Gasteiger partial charge in [-0.15, -0.1) is 0 Å². The largest absolute Gasteiger partial charge is 0.476 e. The Hall–Kier alpha value is -3.81. The Bertz CT molecular complexity index is 1390. The number of hydrogen-bond acceptors (Lipinski definition) is 6. The fourth-order valence-electron chi connectivity index (χ4n) is 5.61. The van der Waals surface area contributed by atoms with E-state index in [2.05, 4.69) is 15.6 Å². The number of amides is 1. The van der Waals surface area contributed by atoms with E-state index in [0.717, 1.165) is 22.4 Å². The molecule has 3 N–H and O–H groups in total. The molecule has 4 bridgehead atoms. The third kappa shape index (κ3) is 2.95. The maximum Gasteiger partial charge on any atom is 0.358 e. The third-order valence-electron chi connectivity index (χ3n) is 7.34. The average Bonchev–Trinajstić information content (AvgIpc) is 3.45. The van der Waals surface area contributed by atoms with E-state index in [1.165, 1.54) is 0 Å². The Morgan fingerprint density at radius 1 is 1.14 bits per heavy atom. The molecular weight excluding hydrogens is 446 g/mol. The minimum atomic E-state index is -1.20. The first-order chi connectivity index (χ1) is 16.6. The summed E-state index contributed by atoms with van der Waals surface area (Å²) in [7, 11) is 0. The smallest absolute Gasteiger partial charge is 0.358 e. The number of carbonyl (C=O) groups excluding carboxylic acids is 1. The van der Waals surface area contributed by atoms with Gasteiger partial charge in [-0.2, -0.15) is 0 Å². The maximum absolute atomic E-state index is 13.2. The molecule has 0 unspecified atom stereocenters. The van der Waals surface area contributed by atoms with Crippen molar-refractivity contribution in [3.8, 4) is 5.75 Å². The molecule has 6 rings (SSSR count). The molecule has 2 aromatic carbocycles. The van der Waals surface area contributed by atoms with Crippen molar-refractivity contribution < 1.29 is 23.8 Å². The summed E-state index contributed by atoms with van der Waals surface area (Å²) >= 11 is 0. The summed E-state index contributed by atoms with van der Waals surface area (Å²) in [5.41, 5.74) is 1.78. The lowest BCUT2D eigenvalue weighted by molar-refractivity contribution is -0.126. The van der Waals surface area contributed by atoms with Crippen LogP contribution in [0.1, 0.15) is 72.6 Å². The standard InChI is InChI=1S/C27H27N3O5/c1-13-11-14-9-10-18-16(12-14)27(15-7-5-6-8-17(15)28-25(27)34-18)21-19(24(32)33)29-23(35-21)20(26(2,3)4)30-22(13)31/h5-10,12-13,20,25,28H,11H2,1-4H3,(H,30,31)(H,32,33)/t13-,20+,25+,27-/m0/s1. The van der Waals surface area contributed by atoms with Crippen LogP contribution < -0.4 is 15.4 Å². The van der Waals surface area contributed by atoms with Gasteiger partial charge in [0.05, 0.1) is 0 Å². The zero-order valence-corrected chi connectivity index (χ0v) is 20.0. The molecule has 0 fully saturated rings. The van der Waals surface area contributed by atoms with Gasteiger partial charge in [0.1, 0.15) is 17.2 Å². The van der Waals surface area contributed by atoms with Crippen molar-refractivity contribution in [1.29, 1.82) is 0 Å². The van der Waals surface area contributed by atoms with Crippen LogP contribution in [-0.2, 0) is 16.6 Å². The lowest BCUT2D eigenvalue weighted by Gasteiger charge is -2.31. The van der Waals surface area contributed by atoms with E-state index >= 15 is 0 Å². The van der Waals surface area contributed by atoms with E-state index in [0.29, 0.717) is 12.2 Å². The Labute approximate surface area is 202 Å². The molecule has 35 heavy (non-hydrogen) atoms. The van der Waals surface area contributed by atoms with Crippen LogP contribution in [0.25, 0.3) is 0 Å². The van der Waals surface area contributed by atoms with Crippen molar-refractivity contribution >= 4 is 17.6 Å². The number of para-hydroxylation sites is 1. The fraction of sp³-hybridized carbons (Fsp3) is 0.370. The van der Waals surface area contributed by atoms with Crippen LogP contribution in [0, 0.1) is 11.3 Å². The van der Waals surface area contributed by atoms with Crippen LogP contribution >= 0.6 is 0 Å². The number of carboxylic acid groups (broad SMARTS) is 1. The molecular formula is C27H27N3O5. The number of carboxylic acids is 1. The molecule has 1 aromatic heterocycles. The highest BCUT2D eigenvalue weighted by molar-refractivity contribution is 5.89. The summed E-state index contributed by atoms with van der Waals surface area (Å²) in [6.07, 6.45) is -0.0728. The van der Waals surface area contributed by atoms with Crippen LogP contribution in [0.4, 0.5) is 5.69 Å². The molecule has 0 aliphatic carbocycles. The zero-order chi connectivity index (χ0) is 24.7. The molecule has 8 heteroatoms. The van der Waals surface area contributed by atoms with Crippen molar-refractivity contribution in [3.63, 3.8) is 0 Å². The van der Waals surface area contributed by atoms with Gasteiger partial charge in [-0.05, 0) is 35.1 Å². The molecule has 3 aliphatic heterocycles. The SMILES string of the molecule is C[C@H]1Cc2ccc3c(c2)[C@@]2(c4ccccc4N[C@@H]2O3)c2oc(nc2C(=O)O)[C@H](C(C)(C)C)NC1=O. The van der Waals surface area contributed by atoms with E-state index in [4.69, 9.17) is 9.15 Å². The number of aromatic carboxylic acids is 1. The van der Waals surface area contributed by atoms with Gasteiger partial charge in [0.2, 0.25) is 11.8 Å². The van der Waals surface area contributed by atoms with Crippen molar-refractivity contribution in [3.05, 3.63) is 76.5 Å². The monoisotopic (exact) mass is 473 g/mol. The van der Waals surface area contributed by atoms with Crippen molar-refractivity contribution in [2.24, 2.45) is 11.3 Å². The Kier molecular flexibility index (Phi) is 4.40. The molecule has 3 aromatic rings. The van der Waals surface area contributed by atoms with Gasteiger partial charge in [0.15, 0.2) is 17.7 Å². The highest BCUT2D eigenvalue weighted by atomic mass is 16.5. The van der Waals surface area contributed by atoms with Gasteiger partial charge < -0.3 is 24.9 Å². The normalized spacial score (nSPS) is 26.4. The summed E-state index contributed by atoms with van der Waals surface area (Å²) in [6.45, 7) is 7.78. The fourth-order valence-corrected chi connectivity index (χ4v) is 5.61. The van der Waals surface area contributed by atoms with E-state index in [1.54, 1.807) is 0 Å². The highest BCUT2D eigenvalue weighted by Gasteiger charge is 2.61. The number of anilines is 1. The lowest BCUT2D eigenvalue weighted by Crippen LogP contribution is -2.41. The van der Waals surface area contributed by atoms with E-state index < -0.39 is 29.1 Å². The molecule has 8 nitrogen and oxygen atoms in total. The molecule has 180 valence electrons. The second kappa shape index (κ2) is 7.10. The maximum atomic E-state index is 13.2. The first-order valence-corrected chi connectivity index (χ1v) is 11.8. The first kappa shape index (κ1) is 21.7. The molecule has 4 atom stereocenters. The first-order valence-electron chi connectivity index (χ1n) is 11.8. The second-order valence-electron chi connectivity index (χ2n) is 10.8. The number of rotatable bonds is 1. The molecule has 4 heterocycles. The second-order valence-corrected chi connectivity index (χ2v) is 10.8. The topological polar surface area (TPSA) is 114 Å². The van der Waals surface area contributed by atoms with Gasteiger partial charge in [-0.1, -0.05) is 58.0 Å². The van der Waals surface area contributed by atoms with Gasteiger partial charge >= 0.3 is 5.97 Å². The Morgan fingerprint density at radius 2 is 1.91 bits per heavy atom. The Balaban J connectivity index is 1.72. The van der Waals surface area contributed by atoms with Crippen LogP contribution in [0.2, 0.25) is 0 Å². The lowest BCUT2D eigenvalue weighted by atomic mass is 9.72. The van der Waals surface area contributed by atoms with E-state index in [1.807, 2.05) is 70.2 Å². The number of aromatic nitrogens is 1. The van der Waals surface area contributed by atoms with Crippen LogP contribution in [0.15, 0.2) is 46.9 Å². The zero-order valence-electron chi connectivity index (χ0n) is 20.0. The van der Waals surface area contributed by atoms with Crippen molar-refractivity contribution in [2.75, 3.05) is 5.32 Å². The summed E-state index contributed by atoms with van der Waals surface area (Å²) in [4.78, 5) is 30.2. The quantitative estimate of drug-likeness (QED) is 0.484. The number of benzene rings is 2. The van der Waals surface area contributed by atoms with Crippen LogP contribution in [0.5, 0.6) is 5.75 Å². The van der Waals surface area contributed by atoms with Crippen molar-refractivity contribution in [1.82, 2.24) is 10.3 Å². The Morgan fingerprint density at radius 3 is 2.66 bits per heavy atom. The number of hydrogen-bond donors (Lipinski definition) is 3. The van der Waals surface area contributed by atoms with Gasteiger partial charge in [0.25, 0.3) is 0 Å². The van der Waals surface area contributed by atoms with E-state index in [9.17, 15) is 14.7 Å². The predicted molar refractivity (Wildman–Crippen MR) is 127 cm³/mol. The summed E-state index contributed by atoms with van der Waals surface area (Å²) in [5, 5.41) is 16.8. The molecule has 3 aliphatic rings. The number of oxazole rings is 1. The highest BCUT2D eigenvalue weighted by Crippen LogP contribution is 2.58. The van der Waals surface area contributed by atoms with Crippen molar-refractivity contribution in [2.45, 2.75) is 51.8 Å². The number of fused-ring (bicyclic) bond motifs is 4. The minimum absolute atomic E-state index is 0.139. The molecule has 1 spiro atoms. The minimum Gasteiger partial charge on any atom is -0.476 e. The number of carbonyl (C=O) groups is 2.